The number of amides is 2. The molecule has 150 valence electrons. The first-order valence-electron chi connectivity index (χ1n) is 10.3. The van der Waals surface area contributed by atoms with Crippen LogP contribution in [0.15, 0.2) is 24.3 Å². The highest BCUT2D eigenvalue weighted by Gasteiger charge is 2.23. The lowest BCUT2D eigenvalue weighted by Crippen LogP contribution is -2.40. The third-order valence-electron chi connectivity index (χ3n) is 5.71. The first-order valence-corrected chi connectivity index (χ1v) is 10.3. The van der Waals surface area contributed by atoms with Crippen molar-refractivity contribution in [3.8, 4) is 0 Å². The molecule has 27 heavy (non-hydrogen) atoms. The molecular weight excluding hydrogens is 343 g/mol. The third-order valence-corrected chi connectivity index (χ3v) is 5.71. The van der Waals surface area contributed by atoms with Gasteiger partial charge in [0.2, 0.25) is 0 Å². The molecule has 2 aliphatic rings. The van der Waals surface area contributed by atoms with Crippen LogP contribution in [0.5, 0.6) is 0 Å². The highest BCUT2D eigenvalue weighted by Crippen LogP contribution is 2.23. The van der Waals surface area contributed by atoms with Crippen LogP contribution in [0.3, 0.4) is 0 Å². The van der Waals surface area contributed by atoms with Crippen molar-refractivity contribution in [1.29, 1.82) is 0 Å². The third kappa shape index (κ3) is 6.38. The Kier molecular flexibility index (Phi) is 7.33. The predicted octanol–water partition coefficient (Wildman–Crippen LogP) is 3.07. The zero-order chi connectivity index (χ0) is 19.1. The summed E-state index contributed by atoms with van der Waals surface area (Å²) < 4.78 is 13.0. The summed E-state index contributed by atoms with van der Waals surface area (Å²) in [5.74, 6) is 1.04. The predicted molar refractivity (Wildman–Crippen MR) is 108 cm³/mol. The number of hydrogen-bond acceptors (Lipinski definition) is 3. The SMILES string of the molecule is C[C@@H]1CCCN(CCCNC(=O)NC[C@H]2CCN(c3ccc(F)cc3)C2)C1. The molecule has 2 amide bonds. The second-order valence-corrected chi connectivity index (χ2v) is 8.12. The van der Waals surface area contributed by atoms with Crippen LogP contribution in [0.1, 0.15) is 32.6 Å². The summed E-state index contributed by atoms with van der Waals surface area (Å²) in [5, 5.41) is 5.98. The van der Waals surface area contributed by atoms with E-state index < -0.39 is 0 Å². The summed E-state index contributed by atoms with van der Waals surface area (Å²) in [7, 11) is 0. The number of hydrogen-bond donors (Lipinski definition) is 2. The molecule has 0 spiro atoms. The minimum Gasteiger partial charge on any atom is -0.371 e. The van der Waals surface area contributed by atoms with Gasteiger partial charge < -0.3 is 20.4 Å². The maximum Gasteiger partial charge on any atom is 0.314 e. The molecule has 0 unspecified atom stereocenters. The van der Waals surface area contributed by atoms with Gasteiger partial charge in [-0.1, -0.05) is 6.92 Å². The molecule has 0 aliphatic carbocycles. The maximum atomic E-state index is 13.0. The minimum atomic E-state index is -0.206. The Balaban J connectivity index is 1.26. The molecule has 6 heteroatoms. The summed E-state index contributed by atoms with van der Waals surface area (Å²) in [5.41, 5.74) is 1.05. The van der Waals surface area contributed by atoms with Crippen LogP contribution >= 0.6 is 0 Å². The number of carbonyl (C=O) groups excluding carboxylic acids is 1. The molecule has 1 aromatic rings. The smallest absolute Gasteiger partial charge is 0.314 e. The molecule has 0 aromatic heterocycles. The lowest BCUT2D eigenvalue weighted by atomic mass is 10.0. The van der Waals surface area contributed by atoms with E-state index in [1.54, 1.807) is 0 Å². The van der Waals surface area contributed by atoms with Gasteiger partial charge in [0.05, 0.1) is 0 Å². The minimum absolute atomic E-state index is 0.0674. The van der Waals surface area contributed by atoms with E-state index in [9.17, 15) is 9.18 Å². The summed E-state index contributed by atoms with van der Waals surface area (Å²) >= 11 is 0. The number of nitrogens with one attached hydrogen (secondary N) is 2. The van der Waals surface area contributed by atoms with E-state index in [4.69, 9.17) is 0 Å². The fourth-order valence-corrected chi connectivity index (χ4v) is 4.18. The van der Waals surface area contributed by atoms with Crippen molar-refractivity contribution in [2.45, 2.75) is 32.6 Å². The number of benzene rings is 1. The second kappa shape index (κ2) is 9.93. The monoisotopic (exact) mass is 376 g/mol. The number of halogens is 1. The van der Waals surface area contributed by atoms with Gasteiger partial charge in [0.1, 0.15) is 5.82 Å². The fraction of sp³-hybridized carbons (Fsp3) is 0.667. The van der Waals surface area contributed by atoms with Crippen molar-refractivity contribution < 1.29 is 9.18 Å². The van der Waals surface area contributed by atoms with Gasteiger partial charge in [-0.15, -0.1) is 0 Å². The van der Waals surface area contributed by atoms with E-state index in [0.29, 0.717) is 12.5 Å². The van der Waals surface area contributed by atoms with Gasteiger partial charge in [-0.3, -0.25) is 0 Å². The van der Waals surface area contributed by atoms with Crippen LogP contribution in [0, 0.1) is 17.7 Å². The van der Waals surface area contributed by atoms with E-state index >= 15 is 0 Å². The number of nitrogens with zero attached hydrogens (tertiary/aromatic N) is 2. The molecule has 3 rings (SSSR count). The standard InChI is InChI=1S/C21H33FN4O/c1-17-4-2-11-25(15-17)12-3-10-23-21(27)24-14-18-9-13-26(16-18)20-7-5-19(22)6-8-20/h5-8,17-18H,2-4,9-16H2,1H3,(H2,23,24,27)/t17-,18-/m1/s1. The van der Waals surface area contributed by atoms with Crippen molar-refractivity contribution in [2.24, 2.45) is 11.8 Å². The van der Waals surface area contributed by atoms with E-state index in [2.05, 4.69) is 27.4 Å². The molecule has 0 saturated carbocycles. The molecular formula is C21H33FN4O. The molecule has 2 atom stereocenters. The highest BCUT2D eigenvalue weighted by atomic mass is 19.1. The number of rotatable bonds is 7. The average Bonchev–Trinajstić information content (AvgIpc) is 3.13. The Hall–Kier alpha value is -1.82. The molecule has 2 N–H and O–H groups in total. The number of piperidine rings is 1. The number of urea groups is 1. The zero-order valence-electron chi connectivity index (χ0n) is 16.4. The van der Waals surface area contributed by atoms with Gasteiger partial charge in [0, 0.05) is 38.4 Å². The van der Waals surface area contributed by atoms with Gasteiger partial charge in [-0.2, -0.15) is 0 Å². The largest absolute Gasteiger partial charge is 0.371 e. The van der Waals surface area contributed by atoms with Crippen LogP contribution in [0.25, 0.3) is 0 Å². The lowest BCUT2D eigenvalue weighted by molar-refractivity contribution is 0.181. The van der Waals surface area contributed by atoms with Gasteiger partial charge in [0.15, 0.2) is 0 Å². The lowest BCUT2D eigenvalue weighted by Gasteiger charge is -2.30. The van der Waals surface area contributed by atoms with Crippen LogP contribution in [0.4, 0.5) is 14.9 Å². The molecule has 2 aliphatic heterocycles. The van der Waals surface area contributed by atoms with E-state index in [1.165, 1.54) is 38.1 Å². The number of likely N-dealkylation sites (tertiary alicyclic amines) is 1. The molecule has 0 bridgehead atoms. The first kappa shape index (κ1) is 19.9. The summed E-state index contributed by atoms with van der Waals surface area (Å²) in [6, 6.07) is 6.57. The van der Waals surface area contributed by atoms with Gasteiger partial charge in [0.25, 0.3) is 0 Å². The van der Waals surface area contributed by atoms with Gasteiger partial charge >= 0.3 is 6.03 Å². The van der Waals surface area contributed by atoms with Crippen molar-refractivity contribution in [3.05, 3.63) is 30.1 Å². The number of carbonyl (C=O) groups is 1. The summed E-state index contributed by atoms with van der Waals surface area (Å²) in [6.45, 7) is 9.04. The van der Waals surface area contributed by atoms with Crippen molar-refractivity contribution in [2.75, 3.05) is 50.7 Å². The molecule has 1 aromatic carbocycles. The van der Waals surface area contributed by atoms with E-state index in [0.717, 1.165) is 50.6 Å². The zero-order valence-corrected chi connectivity index (χ0v) is 16.4. The molecule has 2 saturated heterocycles. The second-order valence-electron chi connectivity index (χ2n) is 8.12. The van der Waals surface area contributed by atoms with Crippen LogP contribution in [0.2, 0.25) is 0 Å². The van der Waals surface area contributed by atoms with Crippen molar-refractivity contribution in [1.82, 2.24) is 15.5 Å². The Morgan fingerprint density at radius 1 is 1.15 bits per heavy atom. The van der Waals surface area contributed by atoms with E-state index in [1.807, 2.05) is 12.1 Å². The van der Waals surface area contributed by atoms with Crippen LogP contribution < -0.4 is 15.5 Å². The molecule has 2 fully saturated rings. The Morgan fingerprint density at radius 2 is 1.96 bits per heavy atom. The normalized spacial score (nSPS) is 23.4. The van der Waals surface area contributed by atoms with Gasteiger partial charge in [-0.25, -0.2) is 9.18 Å². The summed E-state index contributed by atoms with van der Waals surface area (Å²) in [4.78, 5) is 16.8. The average molecular weight is 377 g/mol. The Bertz CT molecular complexity index is 594. The van der Waals surface area contributed by atoms with Crippen LogP contribution in [-0.2, 0) is 0 Å². The van der Waals surface area contributed by atoms with Crippen molar-refractivity contribution in [3.63, 3.8) is 0 Å². The Morgan fingerprint density at radius 3 is 2.74 bits per heavy atom. The number of anilines is 1. The van der Waals surface area contributed by atoms with Crippen LogP contribution in [-0.4, -0.2) is 56.7 Å². The van der Waals surface area contributed by atoms with Crippen molar-refractivity contribution >= 4 is 11.7 Å². The Labute approximate surface area is 162 Å². The van der Waals surface area contributed by atoms with E-state index in [-0.39, 0.29) is 11.8 Å². The highest BCUT2D eigenvalue weighted by molar-refractivity contribution is 5.73. The molecule has 2 heterocycles. The molecule has 5 nitrogen and oxygen atoms in total. The molecule has 0 radical (unpaired) electrons. The quantitative estimate of drug-likeness (QED) is 0.719. The van der Waals surface area contributed by atoms with Gasteiger partial charge in [-0.05, 0) is 74.9 Å². The summed E-state index contributed by atoms with van der Waals surface area (Å²) in [6.07, 6.45) is 4.69. The fourth-order valence-electron chi connectivity index (χ4n) is 4.18. The maximum absolute atomic E-state index is 13.0. The first-order chi connectivity index (χ1) is 13.1. The topological polar surface area (TPSA) is 47.6 Å².